The topological polar surface area (TPSA) is 86.8 Å². The highest BCUT2D eigenvalue weighted by Gasteiger charge is 2.34. The lowest BCUT2D eigenvalue weighted by molar-refractivity contribution is -0.140. The molecule has 230 valence electrons. The lowest BCUT2D eigenvalue weighted by atomic mass is 9.95. The highest BCUT2D eigenvalue weighted by Crippen LogP contribution is 2.28. The van der Waals surface area contributed by atoms with Crippen LogP contribution in [0, 0.1) is 20.8 Å². The van der Waals surface area contributed by atoms with Crippen LogP contribution >= 0.6 is 11.6 Å². The number of aryl methyl sites for hydroxylation is 3. The fourth-order valence-corrected chi connectivity index (χ4v) is 7.15. The van der Waals surface area contributed by atoms with Crippen LogP contribution in [-0.4, -0.2) is 43.8 Å². The molecule has 2 amide bonds. The maximum Gasteiger partial charge on any atom is 0.264 e. The van der Waals surface area contributed by atoms with Gasteiger partial charge in [0, 0.05) is 17.6 Å². The number of amides is 2. The Balaban J connectivity index is 1.72. The maximum absolute atomic E-state index is 14.3. The molecule has 1 aliphatic carbocycles. The number of hydrogen-bond donors (Lipinski definition) is 1. The van der Waals surface area contributed by atoms with Crippen LogP contribution in [0.3, 0.4) is 0 Å². The normalized spacial score (nSPS) is 14.6. The van der Waals surface area contributed by atoms with E-state index in [-0.39, 0.29) is 23.4 Å². The van der Waals surface area contributed by atoms with Crippen LogP contribution < -0.4 is 9.62 Å². The summed E-state index contributed by atoms with van der Waals surface area (Å²) in [6.45, 7) is 7.42. The molecule has 0 unspecified atom stereocenters. The molecule has 1 N–H and O–H groups in total. The first kappa shape index (κ1) is 32.6. The number of rotatable bonds is 11. The molecule has 0 aromatic heterocycles. The molecule has 0 aliphatic heterocycles. The fourth-order valence-electron chi connectivity index (χ4n) is 5.61. The van der Waals surface area contributed by atoms with Crippen molar-refractivity contribution in [1.29, 1.82) is 0 Å². The largest absolute Gasteiger partial charge is 0.352 e. The van der Waals surface area contributed by atoms with Gasteiger partial charge < -0.3 is 10.2 Å². The summed E-state index contributed by atoms with van der Waals surface area (Å²) in [4.78, 5) is 29.6. The fraction of sp³-hybridized carbons (Fsp3) is 0.412. The molecule has 7 nitrogen and oxygen atoms in total. The van der Waals surface area contributed by atoms with Crippen molar-refractivity contribution in [3.63, 3.8) is 0 Å². The van der Waals surface area contributed by atoms with E-state index in [1.165, 1.54) is 24.3 Å². The van der Waals surface area contributed by atoms with Gasteiger partial charge in [-0.25, -0.2) is 8.42 Å². The predicted octanol–water partition coefficient (Wildman–Crippen LogP) is 6.72. The second-order valence-electron chi connectivity index (χ2n) is 11.5. The molecular formula is C34H42ClN3O4S. The number of sulfonamides is 1. The molecule has 0 radical (unpaired) electrons. The molecule has 43 heavy (non-hydrogen) atoms. The van der Waals surface area contributed by atoms with E-state index in [1.54, 1.807) is 17.0 Å². The molecule has 9 heteroatoms. The average molecular weight is 624 g/mol. The summed E-state index contributed by atoms with van der Waals surface area (Å²) in [5.74, 6) is -0.656. The van der Waals surface area contributed by atoms with Gasteiger partial charge in [0.25, 0.3) is 10.0 Å². The summed E-state index contributed by atoms with van der Waals surface area (Å²) in [5, 5.41) is 3.59. The first-order valence-corrected chi connectivity index (χ1v) is 16.8. The highest BCUT2D eigenvalue weighted by molar-refractivity contribution is 7.92. The molecule has 0 heterocycles. The van der Waals surface area contributed by atoms with Gasteiger partial charge in [0.1, 0.15) is 12.6 Å². The molecule has 0 saturated heterocycles. The van der Waals surface area contributed by atoms with Crippen LogP contribution in [0.25, 0.3) is 0 Å². The standard InChI is InChI=1S/C34H42ClN3O4S/c1-5-32(34(40)36-29-12-7-6-8-13-29)37(22-27-11-9-10-24(2)20-27)33(39)23-38(30-17-14-25(3)26(4)21-30)43(41,42)31-18-15-28(35)16-19-31/h9-11,14-21,29,32H,5-8,12-13,22-23H2,1-4H3,(H,36,40)/t32-/m1/s1. The number of halogens is 1. The third-order valence-electron chi connectivity index (χ3n) is 8.23. The van der Waals surface area contributed by atoms with Crippen LogP contribution in [0.1, 0.15) is 67.7 Å². The zero-order valence-corrected chi connectivity index (χ0v) is 27.0. The minimum atomic E-state index is -4.16. The van der Waals surface area contributed by atoms with E-state index in [4.69, 9.17) is 11.6 Å². The van der Waals surface area contributed by atoms with E-state index >= 15 is 0 Å². The average Bonchev–Trinajstić information content (AvgIpc) is 2.98. The maximum atomic E-state index is 14.3. The van der Waals surface area contributed by atoms with Crippen LogP contribution in [0.2, 0.25) is 5.02 Å². The minimum Gasteiger partial charge on any atom is -0.352 e. The lowest BCUT2D eigenvalue weighted by Crippen LogP contribution is -2.54. The van der Waals surface area contributed by atoms with E-state index < -0.39 is 28.5 Å². The first-order valence-electron chi connectivity index (χ1n) is 15.0. The molecule has 1 saturated carbocycles. The molecule has 0 spiro atoms. The van der Waals surface area contributed by atoms with Crippen molar-refractivity contribution in [3.8, 4) is 0 Å². The third-order valence-corrected chi connectivity index (χ3v) is 10.3. The zero-order chi connectivity index (χ0) is 31.1. The monoisotopic (exact) mass is 623 g/mol. The number of benzene rings is 3. The van der Waals surface area contributed by atoms with Gasteiger partial charge in [-0.15, -0.1) is 0 Å². The SMILES string of the molecule is CC[C@H](C(=O)NC1CCCCC1)N(Cc1cccc(C)c1)C(=O)CN(c1ccc(C)c(C)c1)S(=O)(=O)c1ccc(Cl)cc1. The van der Waals surface area contributed by atoms with Crippen molar-refractivity contribution < 1.29 is 18.0 Å². The second kappa shape index (κ2) is 14.4. The van der Waals surface area contributed by atoms with E-state index in [0.29, 0.717) is 17.1 Å². The zero-order valence-electron chi connectivity index (χ0n) is 25.5. The van der Waals surface area contributed by atoms with E-state index in [0.717, 1.165) is 58.7 Å². The summed E-state index contributed by atoms with van der Waals surface area (Å²) >= 11 is 6.05. The molecule has 0 bridgehead atoms. The van der Waals surface area contributed by atoms with Gasteiger partial charge in [-0.05, 0) is 93.1 Å². The summed E-state index contributed by atoms with van der Waals surface area (Å²) in [7, 11) is -4.16. The summed E-state index contributed by atoms with van der Waals surface area (Å²) < 4.78 is 29.3. The summed E-state index contributed by atoms with van der Waals surface area (Å²) in [6.07, 6.45) is 5.55. The van der Waals surface area contributed by atoms with Crippen molar-refractivity contribution in [2.45, 2.75) is 89.7 Å². The summed E-state index contributed by atoms with van der Waals surface area (Å²) in [6, 6.07) is 18.4. The first-order chi connectivity index (χ1) is 20.5. The van der Waals surface area contributed by atoms with Crippen molar-refractivity contribution in [2.75, 3.05) is 10.8 Å². The number of nitrogens with one attached hydrogen (secondary N) is 1. The molecule has 1 aliphatic rings. The quantitative estimate of drug-likeness (QED) is 0.257. The predicted molar refractivity (Wildman–Crippen MR) is 173 cm³/mol. The van der Waals surface area contributed by atoms with Crippen molar-refractivity contribution in [1.82, 2.24) is 10.2 Å². The van der Waals surface area contributed by atoms with Gasteiger partial charge in [-0.2, -0.15) is 0 Å². The summed E-state index contributed by atoms with van der Waals surface area (Å²) in [5.41, 5.74) is 4.19. The number of carbonyl (C=O) groups is 2. The van der Waals surface area contributed by atoms with Crippen LogP contribution in [0.5, 0.6) is 0 Å². The Morgan fingerprint density at radius 3 is 2.26 bits per heavy atom. The van der Waals surface area contributed by atoms with Crippen molar-refractivity contribution in [3.05, 3.63) is 94.0 Å². The highest BCUT2D eigenvalue weighted by atomic mass is 35.5. The van der Waals surface area contributed by atoms with Gasteiger partial charge >= 0.3 is 0 Å². The molecule has 3 aromatic carbocycles. The van der Waals surface area contributed by atoms with Gasteiger partial charge in [0.05, 0.1) is 10.6 Å². The van der Waals surface area contributed by atoms with Crippen LogP contribution in [0.4, 0.5) is 5.69 Å². The molecular weight excluding hydrogens is 582 g/mol. The van der Waals surface area contributed by atoms with Gasteiger partial charge in [-0.1, -0.05) is 73.7 Å². The molecule has 3 aromatic rings. The Bertz CT molecular complexity index is 1540. The van der Waals surface area contributed by atoms with E-state index in [1.807, 2.05) is 58.0 Å². The Kier molecular flexibility index (Phi) is 10.9. The molecule has 1 atom stereocenters. The Morgan fingerprint density at radius 1 is 0.930 bits per heavy atom. The number of hydrogen-bond acceptors (Lipinski definition) is 4. The van der Waals surface area contributed by atoms with Crippen LogP contribution in [-0.2, 0) is 26.2 Å². The third kappa shape index (κ3) is 8.18. The molecule has 1 fully saturated rings. The van der Waals surface area contributed by atoms with E-state index in [2.05, 4.69) is 5.32 Å². The van der Waals surface area contributed by atoms with Gasteiger partial charge in [0.15, 0.2) is 0 Å². The second-order valence-corrected chi connectivity index (χ2v) is 13.8. The number of nitrogens with zero attached hydrogens (tertiary/aromatic N) is 2. The number of carbonyl (C=O) groups excluding carboxylic acids is 2. The number of anilines is 1. The van der Waals surface area contributed by atoms with E-state index in [9.17, 15) is 18.0 Å². The van der Waals surface area contributed by atoms with Gasteiger partial charge in [-0.3, -0.25) is 13.9 Å². The Morgan fingerprint density at radius 2 is 1.63 bits per heavy atom. The lowest BCUT2D eigenvalue weighted by Gasteiger charge is -2.34. The van der Waals surface area contributed by atoms with Gasteiger partial charge in [0.2, 0.25) is 11.8 Å². The Hall–Kier alpha value is -3.36. The molecule has 4 rings (SSSR count). The van der Waals surface area contributed by atoms with Crippen LogP contribution in [0.15, 0.2) is 71.6 Å². The smallest absolute Gasteiger partial charge is 0.264 e. The Labute approximate surface area is 261 Å². The van der Waals surface area contributed by atoms with Crippen molar-refractivity contribution >= 4 is 39.1 Å². The van der Waals surface area contributed by atoms with Crippen molar-refractivity contribution in [2.24, 2.45) is 0 Å². The minimum absolute atomic E-state index is 0.0234.